The van der Waals surface area contributed by atoms with E-state index >= 15 is 0 Å². The predicted molar refractivity (Wildman–Crippen MR) is 156 cm³/mol. The number of ether oxygens (including phenoxy) is 11. The fourth-order valence-electron chi connectivity index (χ4n) is 2.68. The first-order valence-corrected chi connectivity index (χ1v) is 15.4. The molecule has 14 heteroatoms. The molecule has 0 aromatic rings. The fraction of sp³-hybridized carbons (Fsp3) is 0.963. The van der Waals surface area contributed by atoms with Crippen LogP contribution in [0.15, 0.2) is 0 Å². The number of nitrogens with one attached hydrogen (secondary N) is 1. The molecule has 0 fully saturated rings. The summed E-state index contributed by atoms with van der Waals surface area (Å²) in [7, 11) is 0. The van der Waals surface area contributed by atoms with Gasteiger partial charge in [0.25, 0.3) is 0 Å². The summed E-state index contributed by atoms with van der Waals surface area (Å²) in [5, 5.41) is 3.46. The molecule has 0 rings (SSSR count). The fourth-order valence-corrected chi connectivity index (χ4v) is 2.90. The minimum Gasteiger partial charge on any atom is -0.444 e. The number of alkyl halides is 1. The van der Waals surface area contributed by atoms with Gasteiger partial charge in [-0.15, -0.1) is 0 Å². The van der Waals surface area contributed by atoms with Gasteiger partial charge in [-0.3, -0.25) is 0 Å². The summed E-state index contributed by atoms with van der Waals surface area (Å²) in [6.45, 7) is 16.1. The van der Waals surface area contributed by atoms with Gasteiger partial charge >= 0.3 is 6.09 Å². The highest BCUT2D eigenvalue weighted by atomic mass is 79.9. The van der Waals surface area contributed by atoms with Crippen molar-refractivity contribution in [3.63, 3.8) is 0 Å². The Bertz CT molecular complexity index is 543. The first-order valence-electron chi connectivity index (χ1n) is 14.3. The summed E-state index contributed by atoms with van der Waals surface area (Å²) in [6, 6.07) is 0. The van der Waals surface area contributed by atoms with Gasteiger partial charge in [-0.25, -0.2) is 4.79 Å². The molecule has 0 radical (unpaired) electrons. The monoisotopic (exact) mass is 663 g/mol. The number of carbonyl (C=O) groups excluding carboxylic acids is 1. The van der Waals surface area contributed by atoms with Crippen LogP contribution in [-0.2, 0) is 52.1 Å². The van der Waals surface area contributed by atoms with Crippen molar-refractivity contribution in [3.05, 3.63) is 0 Å². The van der Waals surface area contributed by atoms with E-state index in [0.717, 1.165) is 5.33 Å². The van der Waals surface area contributed by atoms with Crippen LogP contribution in [0.25, 0.3) is 0 Å². The lowest BCUT2D eigenvalue weighted by atomic mass is 10.2. The van der Waals surface area contributed by atoms with Crippen LogP contribution in [0.5, 0.6) is 0 Å². The average molecular weight is 665 g/mol. The molecule has 0 aromatic carbocycles. The van der Waals surface area contributed by atoms with Crippen molar-refractivity contribution in [1.29, 1.82) is 0 Å². The van der Waals surface area contributed by atoms with Crippen LogP contribution in [0.2, 0.25) is 0 Å². The highest BCUT2D eigenvalue weighted by Gasteiger charge is 2.15. The Balaban J connectivity index is 3.09. The maximum Gasteiger partial charge on any atom is 0.407 e. The van der Waals surface area contributed by atoms with Crippen LogP contribution in [0.3, 0.4) is 0 Å². The van der Waals surface area contributed by atoms with Crippen LogP contribution in [0, 0.1) is 0 Å². The summed E-state index contributed by atoms with van der Waals surface area (Å²) in [5.41, 5.74) is -0.508. The average Bonchev–Trinajstić information content (AvgIpc) is 2.92. The predicted octanol–water partition coefficient (Wildman–Crippen LogP) is 2.07. The number of alkyl carbamates (subject to hydrolysis) is 1. The van der Waals surface area contributed by atoms with E-state index in [0.29, 0.717) is 139 Å². The Hall–Kier alpha value is -0.650. The lowest BCUT2D eigenvalue weighted by molar-refractivity contribution is -0.0262. The van der Waals surface area contributed by atoms with E-state index in [1.54, 1.807) is 0 Å². The summed E-state index contributed by atoms with van der Waals surface area (Å²) in [6.07, 6.45) is -0.450. The minimum atomic E-state index is -0.508. The molecule has 0 saturated heterocycles. The lowest BCUT2D eigenvalue weighted by Gasteiger charge is -2.19. The molecule has 0 unspecified atom stereocenters. The van der Waals surface area contributed by atoms with Crippen molar-refractivity contribution in [2.75, 3.05) is 144 Å². The molecule has 0 spiro atoms. The summed E-state index contributed by atoms with van der Waals surface area (Å²) in [5.74, 6) is 0. The second-order valence-corrected chi connectivity index (χ2v) is 10.0. The Kier molecular flexibility index (Phi) is 31.8. The number of hydrogen-bond acceptors (Lipinski definition) is 12. The molecule has 246 valence electrons. The van der Waals surface area contributed by atoms with Gasteiger partial charge in [-0.05, 0) is 20.8 Å². The van der Waals surface area contributed by atoms with Crippen LogP contribution >= 0.6 is 15.9 Å². The van der Waals surface area contributed by atoms with Crippen molar-refractivity contribution in [2.45, 2.75) is 26.4 Å². The third-order valence-electron chi connectivity index (χ3n) is 4.48. The Morgan fingerprint density at radius 2 is 0.707 bits per heavy atom. The van der Waals surface area contributed by atoms with E-state index in [2.05, 4.69) is 21.2 Å². The van der Waals surface area contributed by atoms with E-state index in [1.165, 1.54) is 0 Å². The van der Waals surface area contributed by atoms with Crippen LogP contribution in [-0.4, -0.2) is 156 Å². The van der Waals surface area contributed by atoms with Crippen LogP contribution in [0.1, 0.15) is 20.8 Å². The molecule has 0 heterocycles. The summed E-state index contributed by atoms with van der Waals surface area (Å²) < 4.78 is 59.3. The number of halogens is 1. The molecule has 41 heavy (non-hydrogen) atoms. The first kappa shape index (κ1) is 40.4. The van der Waals surface area contributed by atoms with Gasteiger partial charge in [0.15, 0.2) is 0 Å². The quantitative estimate of drug-likeness (QED) is 0.0835. The summed E-state index contributed by atoms with van der Waals surface area (Å²) in [4.78, 5) is 11.5. The van der Waals surface area contributed by atoms with Crippen molar-refractivity contribution in [1.82, 2.24) is 5.32 Å². The topological polar surface area (TPSA) is 131 Å². The van der Waals surface area contributed by atoms with Gasteiger partial charge in [-0.2, -0.15) is 0 Å². The molecule has 0 saturated carbocycles. The van der Waals surface area contributed by atoms with Crippen LogP contribution in [0.4, 0.5) is 4.79 Å². The van der Waals surface area contributed by atoms with Gasteiger partial charge in [0.1, 0.15) is 5.60 Å². The van der Waals surface area contributed by atoms with Crippen molar-refractivity contribution >= 4 is 22.0 Å². The molecule has 1 amide bonds. The van der Waals surface area contributed by atoms with Gasteiger partial charge in [0, 0.05) is 11.9 Å². The zero-order chi connectivity index (χ0) is 30.1. The SMILES string of the molecule is CC(C)(C)OC(=O)NCCOCCOCCOCCOCCOCCOCCOCCOCCOCCOCCBr. The van der Waals surface area contributed by atoms with Gasteiger partial charge in [0.2, 0.25) is 0 Å². The number of hydrogen-bond donors (Lipinski definition) is 1. The maximum atomic E-state index is 11.5. The van der Waals surface area contributed by atoms with Crippen molar-refractivity contribution < 1.29 is 56.9 Å². The highest BCUT2D eigenvalue weighted by Crippen LogP contribution is 2.06. The number of amides is 1. The molecule has 13 nitrogen and oxygen atoms in total. The molecular formula is C27H54BrNO12. The molecular weight excluding hydrogens is 610 g/mol. The molecule has 0 aromatic heterocycles. The second-order valence-electron chi connectivity index (χ2n) is 9.24. The molecule has 0 aliphatic carbocycles. The van der Waals surface area contributed by atoms with Gasteiger partial charge in [0.05, 0.1) is 132 Å². The molecule has 0 bridgehead atoms. The van der Waals surface area contributed by atoms with E-state index in [1.807, 2.05) is 20.8 Å². The highest BCUT2D eigenvalue weighted by molar-refractivity contribution is 9.09. The van der Waals surface area contributed by atoms with E-state index in [9.17, 15) is 4.79 Å². The smallest absolute Gasteiger partial charge is 0.407 e. The number of carbonyl (C=O) groups is 1. The Morgan fingerprint density at radius 3 is 0.951 bits per heavy atom. The van der Waals surface area contributed by atoms with Crippen molar-refractivity contribution in [2.24, 2.45) is 0 Å². The molecule has 0 aliphatic heterocycles. The van der Waals surface area contributed by atoms with Gasteiger partial charge in [-0.1, -0.05) is 15.9 Å². The zero-order valence-corrected chi connectivity index (χ0v) is 26.9. The van der Waals surface area contributed by atoms with Gasteiger partial charge < -0.3 is 57.4 Å². The Labute approximate surface area is 254 Å². The maximum absolute atomic E-state index is 11.5. The normalized spacial score (nSPS) is 11.7. The molecule has 1 N–H and O–H groups in total. The van der Waals surface area contributed by atoms with Crippen molar-refractivity contribution in [3.8, 4) is 0 Å². The standard InChI is InChI=1S/C27H54BrNO12/c1-27(2,3)41-26(30)29-5-7-32-9-11-34-13-15-36-17-19-38-21-23-40-25-24-39-22-20-37-18-16-35-14-12-33-10-8-31-6-4-28/h4-25H2,1-3H3,(H,29,30). The largest absolute Gasteiger partial charge is 0.444 e. The third kappa shape index (κ3) is 37.3. The number of rotatable bonds is 32. The van der Waals surface area contributed by atoms with E-state index in [4.69, 9.17) is 52.1 Å². The minimum absolute atomic E-state index is 0.386. The zero-order valence-electron chi connectivity index (χ0n) is 25.3. The third-order valence-corrected chi connectivity index (χ3v) is 4.81. The van der Waals surface area contributed by atoms with Crippen LogP contribution < -0.4 is 5.32 Å². The molecule has 0 aliphatic rings. The second kappa shape index (κ2) is 32.3. The van der Waals surface area contributed by atoms with E-state index < -0.39 is 11.7 Å². The lowest BCUT2D eigenvalue weighted by Crippen LogP contribution is -2.34. The van der Waals surface area contributed by atoms with E-state index in [-0.39, 0.29) is 0 Å². The molecule has 0 atom stereocenters. The first-order chi connectivity index (χ1) is 20.0. The Morgan fingerprint density at radius 1 is 0.463 bits per heavy atom. The summed E-state index contributed by atoms with van der Waals surface area (Å²) >= 11 is 3.30.